The minimum Gasteiger partial charge on any atom is -0.355 e. The van der Waals surface area contributed by atoms with Crippen molar-refractivity contribution in [2.45, 2.75) is 38.5 Å². The van der Waals surface area contributed by atoms with Gasteiger partial charge in [-0.25, -0.2) is 8.42 Å². The number of benzene rings is 1. The van der Waals surface area contributed by atoms with Crippen LogP contribution >= 0.6 is 11.3 Å². The molecule has 0 saturated carbocycles. The number of amides is 1. The normalized spacial score (nSPS) is 15.8. The zero-order chi connectivity index (χ0) is 23.6. The van der Waals surface area contributed by atoms with Gasteiger partial charge in [-0.3, -0.25) is 4.79 Å². The predicted octanol–water partition coefficient (Wildman–Crippen LogP) is 4.87. The van der Waals surface area contributed by atoms with Crippen LogP contribution < -0.4 is 5.32 Å². The second kappa shape index (κ2) is 9.62. The van der Waals surface area contributed by atoms with Crippen molar-refractivity contribution in [2.24, 2.45) is 5.92 Å². The molecule has 0 aliphatic carbocycles. The third-order valence-electron chi connectivity index (χ3n) is 5.84. The first kappa shape index (κ1) is 23.4. The molecule has 174 valence electrons. The Bertz CT molecular complexity index is 1270. The number of rotatable bonds is 6. The molecule has 1 aliphatic rings. The summed E-state index contributed by atoms with van der Waals surface area (Å²) >= 11 is 1.55. The number of piperidine rings is 1. The van der Waals surface area contributed by atoms with Crippen molar-refractivity contribution < 1.29 is 17.7 Å². The maximum Gasteiger partial charge on any atom is 0.248 e. The van der Waals surface area contributed by atoms with Crippen molar-refractivity contribution in [1.82, 2.24) is 9.46 Å². The lowest BCUT2D eigenvalue weighted by atomic mass is 9.97. The average Bonchev–Trinajstić information content (AvgIpc) is 3.44. The van der Waals surface area contributed by atoms with Crippen molar-refractivity contribution in [1.29, 1.82) is 0 Å². The number of hydrogen-bond acceptors (Lipinski definition) is 6. The number of nitrogens with zero attached hydrogens (tertiary/aromatic N) is 2. The molecule has 0 radical (unpaired) electrons. The number of anilines is 1. The third kappa shape index (κ3) is 5.10. The Morgan fingerprint density at radius 3 is 2.61 bits per heavy atom. The highest BCUT2D eigenvalue weighted by Crippen LogP contribution is 2.30. The fourth-order valence-electron chi connectivity index (χ4n) is 4.02. The Kier molecular flexibility index (Phi) is 6.83. The first-order valence-corrected chi connectivity index (χ1v) is 13.1. The standard InChI is InChI=1S/C24H27N3O4S2/c1-16-6-8-21(17(2)15-16)25-24(28)19-10-12-27(13-11-19)33(29,30)23-18(3)26-31-22(23)9-7-20-5-4-14-32-20/h4-9,14-15,19H,10-13H2,1-3H3,(H,25,28)/b9-7+. The molecular weight excluding hydrogens is 458 g/mol. The van der Waals surface area contributed by atoms with E-state index in [0.29, 0.717) is 18.5 Å². The summed E-state index contributed by atoms with van der Waals surface area (Å²) in [4.78, 5) is 13.9. The predicted molar refractivity (Wildman–Crippen MR) is 131 cm³/mol. The van der Waals surface area contributed by atoms with Crippen molar-refractivity contribution >= 4 is 45.1 Å². The van der Waals surface area contributed by atoms with Gasteiger partial charge in [-0.15, -0.1) is 11.3 Å². The van der Waals surface area contributed by atoms with Gasteiger partial charge in [0.25, 0.3) is 0 Å². The van der Waals surface area contributed by atoms with Gasteiger partial charge in [-0.2, -0.15) is 4.31 Å². The monoisotopic (exact) mass is 485 g/mol. The van der Waals surface area contributed by atoms with Crippen LogP contribution in [0.5, 0.6) is 0 Å². The molecule has 1 N–H and O–H groups in total. The molecule has 1 aliphatic heterocycles. The van der Waals surface area contributed by atoms with Crippen molar-refractivity contribution in [3.63, 3.8) is 0 Å². The second-order valence-electron chi connectivity index (χ2n) is 8.30. The molecule has 0 spiro atoms. The van der Waals surface area contributed by atoms with Gasteiger partial charge in [0.15, 0.2) is 10.7 Å². The largest absolute Gasteiger partial charge is 0.355 e. The smallest absolute Gasteiger partial charge is 0.248 e. The van der Waals surface area contributed by atoms with E-state index < -0.39 is 10.0 Å². The Morgan fingerprint density at radius 1 is 1.18 bits per heavy atom. The lowest BCUT2D eigenvalue weighted by Crippen LogP contribution is -2.41. The number of thiophene rings is 1. The molecule has 1 fully saturated rings. The average molecular weight is 486 g/mol. The lowest BCUT2D eigenvalue weighted by molar-refractivity contribution is -0.120. The molecule has 1 amide bonds. The van der Waals surface area contributed by atoms with E-state index in [-0.39, 0.29) is 35.6 Å². The molecule has 33 heavy (non-hydrogen) atoms. The van der Waals surface area contributed by atoms with Gasteiger partial charge >= 0.3 is 0 Å². The number of carbonyl (C=O) groups excluding carboxylic acids is 1. The zero-order valence-electron chi connectivity index (χ0n) is 18.9. The Morgan fingerprint density at radius 2 is 1.94 bits per heavy atom. The Hall–Kier alpha value is -2.75. The summed E-state index contributed by atoms with van der Waals surface area (Å²) in [7, 11) is -3.79. The molecule has 0 atom stereocenters. The number of aromatic nitrogens is 1. The van der Waals surface area contributed by atoms with Gasteiger partial charge in [-0.05, 0) is 68.8 Å². The summed E-state index contributed by atoms with van der Waals surface area (Å²) in [5.41, 5.74) is 3.27. The van der Waals surface area contributed by atoms with Crippen LogP contribution in [0, 0.1) is 26.7 Å². The van der Waals surface area contributed by atoms with E-state index in [0.717, 1.165) is 21.7 Å². The van der Waals surface area contributed by atoms with Crippen LogP contribution in [-0.2, 0) is 14.8 Å². The SMILES string of the molecule is Cc1ccc(NC(=O)C2CCN(S(=O)(=O)c3c(C)noc3/C=C/c3cccs3)CC2)c(C)c1. The van der Waals surface area contributed by atoms with Crippen LogP contribution in [-0.4, -0.2) is 36.9 Å². The highest BCUT2D eigenvalue weighted by Gasteiger charge is 2.36. The second-order valence-corrected chi connectivity index (χ2v) is 11.2. The van der Waals surface area contributed by atoms with E-state index in [2.05, 4.69) is 10.5 Å². The van der Waals surface area contributed by atoms with E-state index in [9.17, 15) is 13.2 Å². The molecule has 1 aromatic carbocycles. The molecule has 3 heterocycles. The Balaban J connectivity index is 1.44. The number of hydrogen-bond donors (Lipinski definition) is 1. The molecule has 9 heteroatoms. The highest BCUT2D eigenvalue weighted by atomic mass is 32.2. The molecule has 0 bridgehead atoms. The van der Waals surface area contributed by atoms with Gasteiger partial charge in [0.2, 0.25) is 15.9 Å². The maximum atomic E-state index is 13.4. The van der Waals surface area contributed by atoms with Gasteiger partial charge < -0.3 is 9.84 Å². The first-order valence-electron chi connectivity index (χ1n) is 10.8. The molecule has 0 unspecified atom stereocenters. The molecule has 2 aromatic heterocycles. The fourth-order valence-corrected chi connectivity index (χ4v) is 6.36. The Labute approximate surface area is 198 Å². The topological polar surface area (TPSA) is 92.5 Å². The minimum atomic E-state index is -3.79. The van der Waals surface area contributed by atoms with E-state index >= 15 is 0 Å². The van der Waals surface area contributed by atoms with Gasteiger partial charge in [-0.1, -0.05) is 28.9 Å². The number of sulfonamides is 1. The van der Waals surface area contributed by atoms with Crippen LogP contribution in [0.4, 0.5) is 5.69 Å². The van der Waals surface area contributed by atoms with E-state index in [1.807, 2.05) is 55.6 Å². The van der Waals surface area contributed by atoms with E-state index in [4.69, 9.17) is 4.52 Å². The van der Waals surface area contributed by atoms with Crippen LogP contribution in [0.2, 0.25) is 0 Å². The summed E-state index contributed by atoms with van der Waals surface area (Å²) in [5, 5.41) is 8.83. The summed E-state index contributed by atoms with van der Waals surface area (Å²) in [5.74, 6) is -0.0886. The molecule has 3 aromatic rings. The van der Waals surface area contributed by atoms with Crippen molar-refractivity contribution in [3.05, 3.63) is 63.2 Å². The van der Waals surface area contributed by atoms with Crippen LogP contribution in [0.15, 0.2) is 45.1 Å². The van der Waals surface area contributed by atoms with Gasteiger partial charge in [0.05, 0.1) is 0 Å². The minimum absolute atomic E-state index is 0.0697. The summed E-state index contributed by atoms with van der Waals surface area (Å²) in [6.07, 6.45) is 4.37. The lowest BCUT2D eigenvalue weighted by Gasteiger charge is -2.30. The number of nitrogens with one attached hydrogen (secondary N) is 1. The molecule has 4 rings (SSSR count). The van der Waals surface area contributed by atoms with Crippen LogP contribution in [0.1, 0.15) is 40.3 Å². The number of aryl methyl sites for hydroxylation is 3. The summed E-state index contributed by atoms with van der Waals surface area (Å²) < 4.78 is 33.5. The van der Waals surface area contributed by atoms with Gasteiger partial charge in [0, 0.05) is 29.6 Å². The van der Waals surface area contributed by atoms with Crippen LogP contribution in [0.3, 0.4) is 0 Å². The van der Waals surface area contributed by atoms with E-state index in [1.165, 1.54) is 4.31 Å². The fraction of sp³-hybridized carbons (Fsp3) is 0.333. The summed E-state index contributed by atoms with van der Waals surface area (Å²) in [6, 6.07) is 9.75. The zero-order valence-corrected chi connectivity index (χ0v) is 20.5. The van der Waals surface area contributed by atoms with Crippen molar-refractivity contribution in [2.75, 3.05) is 18.4 Å². The van der Waals surface area contributed by atoms with Crippen LogP contribution in [0.25, 0.3) is 12.2 Å². The maximum absolute atomic E-state index is 13.4. The quantitative estimate of drug-likeness (QED) is 0.538. The van der Waals surface area contributed by atoms with Gasteiger partial charge in [0.1, 0.15) is 5.69 Å². The third-order valence-corrected chi connectivity index (χ3v) is 8.73. The van der Waals surface area contributed by atoms with E-state index in [1.54, 1.807) is 24.3 Å². The molecule has 7 nitrogen and oxygen atoms in total. The van der Waals surface area contributed by atoms with Crippen molar-refractivity contribution in [3.8, 4) is 0 Å². The highest BCUT2D eigenvalue weighted by molar-refractivity contribution is 7.89. The number of carbonyl (C=O) groups is 1. The first-order chi connectivity index (χ1) is 15.8. The molecule has 1 saturated heterocycles. The summed E-state index contributed by atoms with van der Waals surface area (Å²) in [6.45, 7) is 6.14. The molecular formula is C24H27N3O4S2.